The van der Waals surface area contributed by atoms with Crippen molar-refractivity contribution in [3.05, 3.63) is 35.5 Å². The Balaban J connectivity index is 0.000000212. The van der Waals surface area contributed by atoms with Gasteiger partial charge in [0.05, 0.1) is 12.3 Å². The van der Waals surface area contributed by atoms with Crippen molar-refractivity contribution in [1.29, 1.82) is 0 Å². The van der Waals surface area contributed by atoms with E-state index in [1.54, 1.807) is 6.08 Å². The lowest BCUT2D eigenvalue weighted by Gasteiger charge is -2.30. The van der Waals surface area contributed by atoms with Gasteiger partial charge in [0.1, 0.15) is 5.70 Å². The van der Waals surface area contributed by atoms with Crippen molar-refractivity contribution in [3.8, 4) is 0 Å². The predicted molar refractivity (Wildman–Crippen MR) is 98.9 cm³/mol. The number of carbonyl (C=O) groups is 1. The maximum atomic E-state index is 10.9. The maximum absolute atomic E-state index is 10.9. The monoisotopic (exact) mass is 348 g/mol. The van der Waals surface area contributed by atoms with Crippen molar-refractivity contribution in [3.63, 3.8) is 0 Å². The van der Waals surface area contributed by atoms with Crippen molar-refractivity contribution in [2.24, 2.45) is 0 Å². The van der Waals surface area contributed by atoms with E-state index in [4.69, 9.17) is 9.94 Å². The van der Waals surface area contributed by atoms with Crippen molar-refractivity contribution < 1.29 is 14.7 Å². The predicted octanol–water partition coefficient (Wildman–Crippen LogP) is 1.69. The number of para-hydroxylation sites is 1. The minimum atomic E-state index is -1.01. The van der Waals surface area contributed by atoms with Crippen LogP contribution in [0.15, 0.2) is 30.0 Å². The van der Waals surface area contributed by atoms with Crippen LogP contribution in [-0.2, 0) is 9.63 Å². The van der Waals surface area contributed by atoms with E-state index in [2.05, 4.69) is 29.5 Å². The van der Waals surface area contributed by atoms with E-state index < -0.39 is 5.97 Å². The third-order valence-electron chi connectivity index (χ3n) is 4.05. The molecule has 138 valence electrons. The Bertz CT molecular complexity index is 598. The largest absolute Gasteiger partial charge is 0.477 e. The number of nitrogens with zero attached hydrogens (tertiary/aromatic N) is 2. The Labute approximate surface area is 149 Å². The molecule has 1 aromatic rings. The molecule has 0 saturated carbocycles. The molecule has 0 bridgehead atoms. The number of benzene rings is 1. The van der Waals surface area contributed by atoms with Crippen molar-refractivity contribution in [2.45, 2.75) is 26.8 Å². The van der Waals surface area contributed by atoms with Crippen LogP contribution >= 0.6 is 0 Å². The van der Waals surface area contributed by atoms with Crippen LogP contribution in [0.3, 0.4) is 0 Å². The Morgan fingerprint density at radius 1 is 1.28 bits per heavy atom. The van der Waals surface area contributed by atoms with Gasteiger partial charge in [-0.15, -0.1) is 0 Å². The second-order valence-electron chi connectivity index (χ2n) is 6.13. The summed E-state index contributed by atoms with van der Waals surface area (Å²) in [6, 6.07) is 8.14. The van der Waals surface area contributed by atoms with Gasteiger partial charge in [-0.1, -0.05) is 18.2 Å². The molecule has 2 aliphatic rings. The molecule has 0 radical (unpaired) electrons. The van der Waals surface area contributed by atoms with Gasteiger partial charge < -0.3 is 10.4 Å². The van der Waals surface area contributed by atoms with Gasteiger partial charge >= 0.3 is 5.97 Å². The first-order valence-corrected chi connectivity index (χ1v) is 8.71. The number of nitrogens with one attached hydrogen (secondary N) is 2. The van der Waals surface area contributed by atoms with E-state index in [-0.39, 0.29) is 5.70 Å². The van der Waals surface area contributed by atoms with E-state index >= 15 is 0 Å². The highest BCUT2D eigenvalue weighted by Gasteiger charge is 2.21. The molecule has 2 aliphatic heterocycles. The zero-order valence-electron chi connectivity index (χ0n) is 15.2. The highest BCUT2D eigenvalue weighted by atomic mass is 16.7. The van der Waals surface area contributed by atoms with Gasteiger partial charge in [-0.25, -0.2) is 4.79 Å². The summed E-state index contributed by atoms with van der Waals surface area (Å²) in [5.41, 5.74) is 4.39. The second-order valence-corrected chi connectivity index (χ2v) is 6.13. The van der Waals surface area contributed by atoms with Crippen LogP contribution < -0.4 is 15.9 Å². The summed E-state index contributed by atoms with van der Waals surface area (Å²) in [4.78, 5) is 18.7. The Morgan fingerprint density at radius 3 is 2.52 bits per heavy atom. The number of fused-ring (bicyclic) bond motifs is 1. The standard InChI is InChI=1S/C11H12N2O3.C7H16N2/c1-2-16-13-10-6-4-3-5-8(10)7-9(12-13)11(14)15;1-7(2)9-5-3-8-4-6-9/h3-7,12H,2H2,1H3,(H,14,15);7-8H,3-6H2,1-2H3. The van der Waals surface area contributed by atoms with Crippen LogP contribution in [0, 0.1) is 0 Å². The minimum Gasteiger partial charge on any atom is -0.477 e. The molecule has 0 aromatic heterocycles. The fourth-order valence-electron chi connectivity index (χ4n) is 2.69. The number of aliphatic carboxylic acids is 1. The summed E-state index contributed by atoms with van der Waals surface area (Å²) < 4.78 is 0. The summed E-state index contributed by atoms with van der Waals surface area (Å²) in [5, 5.41) is 13.6. The quantitative estimate of drug-likeness (QED) is 0.764. The van der Waals surface area contributed by atoms with Crippen LogP contribution in [0.5, 0.6) is 0 Å². The molecule has 1 saturated heterocycles. The van der Waals surface area contributed by atoms with Crippen LogP contribution in [0.4, 0.5) is 5.69 Å². The number of hydrazine groups is 1. The summed E-state index contributed by atoms with van der Waals surface area (Å²) in [7, 11) is 0. The SMILES string of the molecule is CC(C)N1CCNCC1.CCON1NC(C(=O)O)=Cc2ccccc21. The average Bonchev–Trinajstić information content (AvgIpc) is 2.63. The molecule has 0 atom stereocenters. The lowest BCUT2D eigenvalue weighted by molar-refractivity contribution is -0.133. The van der Waals surface area contributed by atoms with E-state index in [0.717, 1.165) is 30.4 Å². The number of carboxylic acids is 1. The van der Waals surface area contributed by atoms with Crippen molar-refractivity contribution in [2.75, 3.05) is 38.0 Å². The molecule has 1 fully saturated rings. The Hall–Kier alpha value is -2.09. The molecule has 3 N–H and O–H groups in total. The van der Waals surface area contributed by atoms with Gasteiger partial charge in [0.2, 0.25) is 0 Å². The zero-order valence-corrected chi connectivity index (χ0v) is 15.2. The molecular formula is C18H28N4O3. The van der Waals surface area contributed by atoms with Gasteiger partial charge in [0.15, 0.2) is 0 Å². The summed E-state index contributed by atoms with van der Waals surface area (Å²) >= 11 is 0. The number of rotatable bonds is 4. The molecular weight excluding hydrogens is 320 g/mol. The van der Waals surface area contributed by atoms with E-state index in [1.165, 1.54) is 18.3 Å². The average molecular weight is 348 g/mol. The first-order valence-electron chi connectivity index (χ1n) is 8.71. The summed E-state index contributed by atoms with van der Waals surface area (Å²) in [6.07, 6.45) is 1.58. The molecule has 7 nitrogen and oxygen atoms in total. The number of piperazine rings is 1. The fraction of sp³-hybridized carbons (Fsp3) is 0.500. The highest BCUT2D eigenvalue weighted by Crippen LogP contribution is 2.25. The molecule has 1 aromatic carbocycles. The fourth-order valence-corrected chi connectivity index (χ4v) is 2.69. The Kier molecular flexibility index (Phi) is 7.24. The maximum Gasteiger partial charge on any atom is 0.353 e. The van der Waals surface area contributed by atoms with E-state index in [1.807, 2.05) is 31.2 Å². The number of carboxylic acid groups (broad SMARTS) is 1. The molecule has 0 spiro atoms. The molecule has 3 rings (SSSR count). The van der Waals surface area contributed by atoms with Crippen LogP contribution in [-0.4, -0.2) is 54.8 Å². The van der Waals surface area contributed by atoms with Crippen LogP contribution in [0.2, 0.25) is 0 Å². The van der Waals surface area contributed by atoms with Crippen LogP contribution in [0.1, 0.15) is 26.3 Å². The van der Waals surface area contributed by atoms with Gasteiger partial charge in [-0.3, -0.25) is 15.2 Å². The van der Waals surface area contributed by atoms with Gasteiger partial charge in [-0.2, -0.15) is 5.17 Å². The van der Waals surface area contributed by atoms with Gasteiger partial charge in [0.25, 0.3) is 0 Å². The molecule has 25 heavy (non-hydrogen) atoms. The molecule has 0 unspecified atom stereocenters. The zero-order chi connectivity index (χ0) is 18.2. The first-order chi connectivity index (χ1) is 12.0. The highest BCUT2D eigenvalue weighted by molar-refractivity contribution is 5.94. The number of hydrogen-bond acceptors (Lipinski definition) is 6. The lowest BCUT2D eigenvalue weighted by atomic mass is 10.1. The molecule has 0 amide bonds. The van der Waals surface area contributed by atoms with Crippen molar-refractivity contribution in [1.82, 2.24) is 15.6 Å². The molecule has 0 aliphatic carbocycles. The smallest absolute Gasteiger partial charge is 0.353 e. The van der Waals surface area contributed by atoms with Crippen molar-refractivity contribution >= 4 is 17.7 Å². The third kappa shape index (κ3) is 5.45. The first kappa shape index (κ1) is 19.2. The van der Waals surface area contributed by atoms with Gasteiger partial charge in [0, 0.05) is 37.8 Å². The normalized spacial score (nSPS) is 17.1. The summed E-state index contributed by atoms with van der Waals surface area (Å²) in [5.74, 6) is -1.01. The number of hydrogen-bond donors (Lipinski definition) is 3. The second kappa shape index (κ2) is 9.41. The molecule has 7 heteroatoms. The van der Waals surface area contributed by atoms with E-state index in [9.17, 15) is 4.79 Å². The number of anilines is 1. The third-order valence-corrected chi connectivity index (χ3v) is 4.05. The van der Waals surface area contributed by atoms with Gasteiger partial charge in [-0.05, 0) is 32.9 Å². The van der Waals surface area contributed by atoms with Crippen LogP contribution in [0.25, 0.3) is 6.08 Å². The lowest BCUT2D eigenvalue weighted by Crippen LogP contribution is -2.46. The topological polar surface area (TPSA) is 77.1 Å². The van der Waals surface area contributed by atoms with E-state index in [0.29, 0.717) is 6.61 Å². The minimum absolute atomic E-state index is 0.0900. The molecule has 2 heterocycles. The summed E-state index contributed by atoms with van der Waals surface area (Å²) in [6.45, 7) is 11.6. The Morgan fingerprint density at radius 2 is 1.96 bits per heavy atom.